The third-order valence-electron chi connectivity index (χ3n) is 4.57. The van der Waals surface area contributed by atoms with E-state index in [0.29, 0.717) is 34.7 Å². The Hall–Kier alpha value is -4.11. The standard InChI is InChI=1S/C24H21N3O3/c1-27(16-18-8-6-17(15-25)7-9-18)24(29)20-12-10-19(11-13-20)23(28)26-21-4-3-5-22(14-21)30-2/h3-14H,16H2,1-2H3,(H,26,28). The summed E-state index contributed by atoms with van der Waals surface area (Å²) in [7, 11) is 3.28. The summed E-state index contributed by atoms with van der Waals surface area (Å²) in [5.74, 6) is 0.228. The highest BCUT2D eigenvalue weighted by Gasteiger charge is 2.14. The summed E-state index contributed by atoms with van der Waals surface area (Å²) < 4.78 is 5.15. The molecule has 3 aromatic carbocycles. The van der Waals surface area contributed by atoms with Gasteiger partial charge in [-0.15, -0.1) is 0 Å². The van der Waals surface area contributed by atoms with Crippen LogP contribution in [0.25, 0.3) is 0 Å². The molecule has 3 aromatic rings. The molecule has 0 saturated heterocycles. The first-order chi connectivity index (χ1) is 14.5. The molecule has 3 rings (SSSR count). The quantitative estimate of drug-likeness (QED) is 0.677. The number of amides is 2. The largest absolute Gasteiger partial charge is 0.497 e. The Morgan fingerprint density at radius 3 is 2.30 bits per heavy atom. The van der Waals surface area contributed by atoms with E-state index in [9.17, 15) is 9.59 Å². The molecule has 0 aliphatic heterocycles. The molecule has 0 saturated carbocycles. The summed E-state index contributed by atoms with van der Waals surface area (Å²) in [6.45, 7) is 0.419. The van der Waals surface area contributed by atoms with E-state index in [4.69, 9.17) is 10.00 Å². The van der Waals surface area contributed by atoms with Gasteiger partial charge in [-0.1, -0.05) is 18.2 Å². The Balaban J connectivity index is 1.64. The number of carbonyl (C=O) groups excluding carboxylic acids is 2. The van der Waals surface area contributed by atoms with Gasteiger partial charge in [0.1, 0.15) is 5.75 Å². The van der Waals surface area contributed by atoms with Crippen molar-refractivity contribution in [1.82, 2.24) is 4.90 Å². The number of benzene rings is 3. The Morgan fingerprint density at radius 1 is 1.00 bits per heavy atom. The molecule has 0 spiro atoms. The Morgan fingerprint density at radius 2 is 1.67 bits per heavy atom. The molecule has 0 fully saturated rings. The number of anilines is 1. The number of carbonyl (C=O) groups is 2. The molecule has 0 aromatic heterocycles. The number of nitrogens with one attached hydrogen (secondary N) is 1. The molecule has 6 nitrogen and oxygen atoms in total. The van der Waals surface area contributed by atoms with Gasteiger partial charge in [0.15, 0.2) is 0 Å². The van der Waals surface area contributed by atoms with Crippen LogP contribution in [0, 0.1) is 11.3 Å². The minimum atomic E-state index is -0.270. The number of hydrogen-bond donors (Lipinski definition) is 1. The average Bonchev–Trinajstić information content (AvgIpc) is 2.79. The molecule has 2 amide bonds. The first kappa shape index (κ1) is 20.6. The van der Waals surface area contributed by atoms with Crippen molar-refractivity contribution in [2.24, 2.45) is 0 Å². The minimum Gasteiger partial charge on any atom is -0.497 e. The fourth-order valence-corrected chi connectivity index (χ4v) is 2.92. The number of nitriles is 1. The van der Waals surface area contributed by atoms with Crippen molar-refractivity contribution < 1.29 is 14.3 Å². The van der Waals surface area contributed by atoms with Gasteiger partial charge in [-0.3, -0.25) is 9.59 Å². The number of hydrogen-bond acceptors (Lipinski definition) is 4. The molecule has 30 heavy (non-hydrogen) atoms. The summed E-state index contributed by atoms with van der Waals surface area (Å²) in [5, 5.41) is 11.7. The number of methoxy groups -OCH3 is 1. The van der Waals surface area contributed by atoms with E-state index in [0.717, 1.165) is 5.56 Å². The highest BCUT2D eigenvalue weighted by molar-refractivity contribution is 6.05. The molecule has 0 bridgehead atoms. The van der Waals surface area contributed by atoms with Crippen LogP contribution in [-0.4, -0.2) is 30.9 Å². The number of ether oxygens (including phenoxy) is 1. The maximum Gasteiger partial charge on any atom is 0.255 e. The highest BCUT2D eigenvalue weighted by Crippen LogP contribution is 2.18. The normalized spacial score (nSPS) is 10.0. The number of rotatable bonds is 6. The molecule has 0 unspecified atom stereocenters. The average molecular weight is 399 g/mol. The van der Waals surface area contributed by atoms with Gasteiger partial charge in [0.25, 0.3) is 11.8 Å². The second-order valence-electron chi connectivity index (χ2n) is 6.73. The lowest BCUT2D eigenvalue weighted by Crippen LogP contribution is -2.26. The smallest absolute Gasteiger partial charge is 0.255 e. The van der Waals surface area contributed by atoms with Gasteiger partial charge in [0, 0.05) is 36.5 Å². The van der Waals surface area contributed by atoms with Gasteiger partial charge in [-0.05, 0) is 54.1 Å². The molecule has 0 atom stereocenters. The van der Waals surface area contributed by atoms with Crippen molar-refractivity contribution in [3.63, 3.8) is 0 Å². The maximum absolute atomic E-state index is 12.7. The second-order valence-corrected chi connectivity index (χ2v) is 6.73. The van der Waals surface area contributed by atoms with Crippen molar-refractivity contribution in [2.45, 2.75) is 6.54 Å². The molecular weight excluding hydrogens is 378 g/mol. The predicted molar refractivity (Wildman–Crippen MR) is 114 cm³/mol. The maximum atomic E-state index is 12.7. The molecule has 0 aliphatic rings. The van der Waals surface area contributed by atoms with E-state index in [1.54, 1.807) is 79.7 Å². The van der Waals surface area contributed by atoms with Gasteiger partial charge in [0.05, 0.1) is 18.7 Å². The first-order valence-corrected chi connectivity index (χ1v) is 9.30. The lowest BCUT2D eigenvalue weighted by Gasteiger charge is -2.17. The van der Waals surface area contributed by atoms with E-state index in [-0.39, 0.29) is 11.8 Å². The van der Waals surface area contributed by atoms with Crippen LogP contribution in [0.3, 0.4) is 0 Å². The summed E-state index contributed by atoms with van der Waals surface area (Å²) in [6.07, 6.45) is 0. The molecule has 0 radical (unpaired) electrons. The SMILES string of the molecule is COc1cccc(NC(=O)c2ccc(C(=O)N(C)Cc3ccc(C#N)cc3)cc2)c1. The van der Waals surface area contributed by atoms with Crippen molar-refractivity contribution in [2.75, 3.05) is 19.5 Å². The fraction of sp³-hybridized carbons (Fsp3) is 0.125. The van der Waals surface area contributed by atoms with Gasteiger partial charge in [0.2, 0.25) is 0 Å². The summed E-state index contributed by atoms with van der Waals surface area (Å²) >= 11 is 0. The molecule has 0 aliphatic carbocycles. The molecule has 0 heterocycles. The summed E-state index contributed by atoms with van der Waals surface area (Å²) in [4.78, 5) is 26.7. The van der Waals surface area contributed by atoms with Crippen molar-refractivity contribution in [3.05, 3.63) is 95.1 Å². The van der Waals surface area contributed by atoms with Crippen LogP contribution in [0.2, 0.25) is 0 Å². The summed E-state index contributed by atoms with van der Waals surface area (Å²) in [5.41, 5.74) is 3.07. The van der Waals surface area contributed by atoms with Crippen LogP contribution in [0.5, 0.6) is 5.75 Å². The number of nitrogens with zero attached hydrogens (tertiary/aromatic N) is 2. The van der Waals surface area contributed by atoms with Crippen molar-refractivity contribution in [3.8, 4) is 11.8 Å². The van der Waals surface area contributed by atoms with Gasteiger partial charge < -0.3 is 15.0 Å². The Bertz CT molecular complexity index is 1080. The van der Waals surface area contributed by atoms with Gasteiger partial charge in [-0.2, -0.15) is 5.26 Å². The van der Waals surface area contributed by atoms with E-state index in [2.05, 4.69) is 11.4 Å². The van der Waals surface area contributed by atoms with Crippen LogP contribution >= 0.6 is 0 Å². The van der Waals surface area contributed by atoms with Gasteiger partial charge in [-0.25, -0.2) is 0 Å². The topological polar surface area (TPSA) is 82.4 Å². The minimum absolute atomic E-state index is 0.154. The van der Waals surface area contributed by atoms with Crippen molar-refractivity contribution >= 4 is 17.5 Å². The van der Waals surface area contributed by atoms with E-state index in [1.165, 1.54) is 0 Å². The molecule has 6 heteroatoms. The van der Waals surface area contributed by atoms with Crippen LogP contribution in [-0.2, 0) is 6.54 Å². The van der Waals surface area contributed by atoms with Crippen LogP contribution in [0.4, 0.5) is 5.69 Å². The third kappa shape index (κ3) is 5.03. The lowest BCUT2D eigenvalue weighted by molar-refractivity contribution is 0.0784. The molecular formula is C24H21N3O3. The Labute approximate surface area is 175 Å². The highest BCUT2D eigenvalue weighted by atomic mass is 16.5. The zero-order valence-electron chi connectivity index (χ0n) is 16.8. The monoisotopic (exact) mass is 399 g/mol. The lowest BCUT2D eigenvalue weighted by atomic mass is 10.1. The Kier molecular flexibility index (Phi) is 6.46. The van der Waals surface area contributed by atoms with E-state index >= 15 is 0 Å². The zero-order valence-corrected chi connectivity index (χ0v) is 16.8. The van der Waals surface area contributed by atoms with Crippen LogP contribution in [0.1, 0.15) is 31.8 Å². The van der Waals surface area contributed by atoms with E-state index in [1.807, 2.05) is 12.1 Å². The molecule has 150 valence electrons. The fourth-order valence-electron chi connectivity index (χ4n) is 2.92. The van der Waals surface area contributed by atoms with Crippen LogP contribution in [0.15, 0.2) is 72.8 Å². The third-order valence-corrected chi connectivity index (χ3v) is 4.57. The predicted octanol–water partition coefficient (Wildman–Crippen LogP) is 4.09. The van der Waals surface area contributed by atoms with Gasteiger partial charge >= 0.3 is 0 Å². The summed E-state index contributed by atoms with van der Waals surface area (Å²) in [6, 6.07) is 22.8. The zero-order chi connectivity index (χ0) is 21.5. The molecule has 1 N–H and O–H groups in total. The first-order valence-electron chi connectivity index (χ1n) is 9.30. The van der Waals surface area contributed by atoms with Crippen molar-refractivity contribution in [1.29, 1.82) is 5.26 Å². The van der Waals surface area contributed by atoms with Crippen LogP contribution < -0.4 is 10.1 Å². The second kappa shape index (κ2) is 9.39. The van der Waals surface area contributed by atoms with E-state index < -0.39 is 0 Å².